The first-order valence-corrected chi connectivity index (χ1v) is 38.9. The van der Waals surface area contributed by atoms with E-state index in [-0.39, 0.29) is 32.5 Å². The van der Waals surface area contributed by atoms with Crippen LogP contribution in [0.1, 0.15) is 40.9 Å². The molecule has 6 unspecified atom stereocenters. The van der Waals surface area contributed by atoms with Crippen LogP contribution in [0.2, 0.25) is 10.0 Å². The third-order valence-electron chi connectivity index (χ3n) is 14.8. The quantitative estimate of drug-likeness (QED) is 0.0273. The van der Waals surface area contributed by atoms with Gasteiger partial charge < -0.3 is 88.9 Å². The van der Waals surface area contributed by atoms with Crippen molar-refractivity contribution in [3.63, 3.8) is 0 Å². The number of ether oxygens (including phenoxy) is 3. The standard InChI is InChI=1S/C18H24N2O12P2.2C17H21ClN2O12P2/c1-11-2-4-12(5-3-11)6-8-19-14(21)7-9-20(18(19)24)17-16(23)15(22)13(31-17)10-30-34(28,29)32-33(25,26)27;18-11-3-1-2-10(8-11)4-6-19-13(21)5-7-20(17(19)24)16-15(23)14(22)12(31-16)9-30-34(28,29)32-33(25,26)27;18-11-4-2-1-3-10(11)5-7-19-13(21)6-8-20(17(19)24)16-15(23)14(22)12(31-16)9-30-34(28,29)32-33(25,26)27/h2-5,7,9,13,15-17,22-23H,6,8,10H2,1H3,(H,28,29)(H2,25,26,27);1-3,5,7-8,12,14-16,22-23H,4,6,9H2,(H,28,29)(H2,25,26,27);1-4,6,8,12,14-16,22-23H,5,7,9H2,(H,28,29)(H2,25,26,27)/t13-,15+,16?,17-;2*12-,14+,15?,16-/m111/s1. The van der Waals surface area contributed by atoms with E-state index in [1.807, 2.05) is 31.2 Å². The summed E-state index contributed by atoms with van der Waals surface area (Å²) in [5, 5.41) is 62.6. The lowest BCUT2D eigenvalue weighted by Gasteiger charge is -2.19. The molecule has 3 aliphatic heterocycles. The summed E-state index contributed by atoms with van der Waals surface area (Å²) in [7, 11) is -31.8. The minimum absolute atomic E-state index is 0.0236. The highest BCUT2D eigenvalue weighted by molar-refractivity contribution is 7.61. The van der Waals surface area contributed by atoms with Crippen LogP contribution < -0.4 is 33.7 Å². The van der Waals surface area contributed by atoms with E-state index >= 15 is 0 Å². The number of hydrogen-bond donors (Lipinski definition) is 15. The molecule has 3 saturated heterocycles. The lowest BCUT2D eigenvalue weighted by molar-refractivity contribution is -0.0548. The molecule has 3 aromatic heterocycles. The smallest absolute Gasteiger partial charge is 0.387 e. The van der Waals surface area contributed by atoms with Crippen LogP contribution in [-0.2, 0) is 107 Å². The number of benzene rings is 3. The third kappa shape index (κ3) is 23.6. The molecule has 0 bridgehead atoms. The summed E-state index contributed by atoms with van der Waals surface area (Å²) in [6.07, 6.45) is -15.2. The predicted molar refractivity (Wildman–Crippen MR) is 345 cm³/mol. The van der Waals surface area contributed by atoms with E-state index in [2.05, 4.69) is 26.5 Å². The van der Waals surface area contributed by atoms with Crippen molar-refractivity contribution in [1.82, 2.24) is 27.4 Å². The van der Waals surface area contributed by atoms with Gasteiger partial charge in [-0.25, -0.2) is 41.8 Å². The molecule has 15 atom stereocenters. The minimum atomic E-state index is -5.36. The molecule has 42 nitrogen and oxygen atoms in total. The molecule has 0 radical (unpaired) electrons. The Kier molecular flexibility index (Phi) is 28.8. The Bertz CT molecular complexity index is 4620. The topological polar surface area (TPSA) is 621 Å². The van der Waals surface area contributed by atoms with Gasteiger partial charge in [0.05, 0.1) is 19.8 Å². The van der Waals surface area contributed by atoms with Crippen molar-refractivity contribution in [1.29, 1.82) is 0 Å². The highest BCUT2D eigenvalue weighted by Crippen LogP contribution is 2.60. The van der Waals surface area contributed by atoms with Gasteiger partial charge in [0.25, 0.3) is 16.7 Å². The second-order valence-corrected chi connectivity index (χ2v) is 31.4. The van der Waals surface area contributed by atoms with Crippen LogP contribution in [0.4, 0.5) is 0 Å². The lowest BCUT2D eigenvalue weighted by Crippen LogP contribution is -2.43. The average Bonchev–Trinajstić information content (AvgIpc) is 1.60. The van der Waals surface area contributed by atoms with Crippen molar-refractivity contribution in [2.24, 2.45) is 0 Å². The van der Waals surface area contributed by atoms with E-state index in [0.29, 0.717) is 22.0 Å². The molecule has 3 aromatic carbocycles. The molecule has 3 aliphatic rings. The SMILES string of the molecule is Cc1ccc(CCn2c(=O)ccn([C@@H]3O[C@H](COP(=O)(O)OP(=O)(O)O)[C@H](O)C3O)c2=O)cc1.O=c1ccn([C@@H]2O[C@H](COP(=O)(O)OP(=O)(O)O)[C@H](O)C2O)c(=O)n1CCc1cccc(Cl)c1.O=c1ccn([C@@H]2O[C@H](COP(=O)(O)OP(=O)(O)O)[C@H](O)C2O)c(=O)n1CCc1ccccc1Cl. The summed E-state index contributed by atoms with van der Waals surface area (Å²) < 4.78 is 113. The first kappa shape index (κ1) is 84.0. The third-order valence-corrected chi connectivity index (χ3v) is 21.8. The van der Waals surface area contributed by atoms with Crippen LogP contribution in [0.25, 0.3) is 0 Å². The fraction of sp³-hybridized carbons (Fsp3) is 0.423. The van der Waals surface area contributed by atoms with Gasteiger partial charge in [-0.2, -0.15) is 12.9 Å². The second-order valence-electron chi connectivity index (χ2n) is 22.1. The summed E-state index contributed by atoms with van der Waals surface area (Å²) in [4.78, 5) is 155. The zero-order valence-electron chi connectivity index (χ0n) is 52.1. The Hall–Kier alpha value is -5.30. The fourth-order valence-corrected chi connectivity index (χ4v) is 15.2. The van der Waals surface area contributed by atoms with Crippen LogP contribution >= 0.6 is 70.1 Å². The first-order chi connectivity index (χ1) is 47.3. The number of nitrogens with zero attached hydrogens (tertiary/aromatic N) is 6. The number of phosphoric acid groups is 6. The van der Waals surface area contributed by atoms with E-state index in [9.17, 15) is 101 Å². The van der Waals surface area contributed by atoms with Gasteiger partial charge in [-0.15, -0.1) is 0 Å². The molecule has 0 aliphatic carbocycles. The summed E-state index contributed by atoms with van der Waals surface area (Å²) in [6.45, 7) is -0.877. The Morgan fingerprint density at radius 3 is 1.08 bits per heavy atom. The molecular weight excluding hydrogens is 1540 g/mol. The Morgan fingerprint density at radius 2 is 0.745 bits per heavy atom. The normalized spacial score (nSPS) is 24.8. The summed E-state index contributed by atoms with van der Waals surface area (Å²) in [5.41, 5.74) is -0.968. The molecule has 0 saturated carbocycles. The number of aliphatic hydroxyl groups is 6. The van der Waals surface area contributed by atoms with Gasteiger partial charge in [0.1, 0.15) is 54.9 Å². The average molecular weight is 1610 g/mol. The molecule has 15 N–H and O–H groups in total. The summed E-state index contributed by atoms with van der Waals surface area (Å²) in [6, 6.07) is 24.4. The maximum atomic E-state index is 12.9. The Balaban J connectivity index is 0.000000214. The molecule has 0 amide bonds. The van der Waals surface area contributed by atoms with Crippen LogP contribution in [0.3, 0.4) is 0 Å². The van der Waals surface area contributed by atoms with Gasteiger partial charge in [-0.3, -0.25) is 55.4 Å². The maximum absolute atomic E-state index is 12.9. The molecule has 564 valence electrons. The number of phosphoric ester groups is 3. The highest BCUT2D eigenvalue weighted by atomic mass is 35.5. The van der Waals surface area contributed by atoms with Crippen molar-refractivity contribution in [2.45, 2.75) is 119 Å². The fourth-order valence-electron chi connectivity index (χ4n) is 9.92. The van der Waals surface area contributed by atoms with Crippen LogP contribution in [0.15, 0.2) is 138 Å². The van der Waals surface area contributed by atoms with Gasteiger partial charge in [-0.05, 0) is 61.1 Å². The van der Waals surface area contributed by atoms with Gasteiger partial charge in [0.2, 0.25) is 0 Å². The highest BCUT2D eigenvalue weighted by Gasteiger charge is 2.49. The van der Waals surface area contributed by atoms with Crippen LogP contribution in [-0.4, -0.2) is 177 Å². The lowest BCUT2D eigenvalue weighted by atomic mass is 10.1. The summed E-state index contributed by atoms with van der Waals surface area (Å²) in [5.74, 6) is 0. The van der Waals surface area contributed by atoms with Crippen molar-refractivity contribution in [2.75, 3.05) is 19.8 Å². The number of halogens is 2. The zero-order chi connectivity index (χ0) is 75.8. The number of aromatic nitrogens is 6. The largest absolute Gasteiger partial charge is 0.481 e. The van der Waals surface area contributed by atoms with Gasteiger partial charge in [0.15, 0.2) is 18.7 Å². The molecule has 50 heteroatoms. The monoisotopic (exact) mass is 1610 g/mol. The van der Waals surface area contributed by atoms with Crippen molar-refractivity contribution < 1.29 is 143 Å². The van der Waals surface area contributed by atoms with E-state index in [4.69, 9.17) is 66.8 Å². The number of rotatable bonds is 27. The van der Waals surface area contributed by atoms with Gasteiger partial charge in [-0.1, -0.05) is 83.4 Å². The van der Waals surface area contributed by atoms with Gasteiger partial charge in [0, 0.05) is 66.5 Å². The number of aryl methyl sites for hydroxylation is 4. The van der Waals surface area contributed by atoms with E-state index in [1.54, 1.807) is 48.5 Å². The molecule has 3 fully saturated rings. The minimum Gasteiger partial charge on any atom is -0.387 e. The van der Waals surface area contributed by atoms with Crippen molar-refractivity contribution in [3.05, 3.63) is 204 Å². The molecule has 0 spiro atoms. The molecule has 9 rings (SSSR count). The summed E-state index contributed by atoms with van der Waals surface area (Å²) >= 11 is 12.0. The van der Waals surface area contributed by atoms with Crippen LogP contribution in [0, 0.1) is 6.92 Å². The first-order valence-electron chi connectivity index (χ1n) is 29.1. The van der Waals surface area contributed by atoms with E-state index in [0.717, 1.165) is 80.9 Å². The molecule has 102 heavy (non-hydrogen) atoms. The molecule has 6 aromatic rings. The van der Waals surface area contributed by atoms with Crippen LogP contribution in [0.5, 0.6) is 0 Å². The van der Waals surface area contributed by atoms with Crippen molar-refractivity contribution in [3.8, 4) is 0 Å². The van der Waals surface area contributed by atoms with Crippen molar-refractivity contribution >= 4 is 70.1 Å². The number of aliphatic hydroxyl groups excluding tert-OH is 6. The Labute approximate surface area is 581 Å². The zero-order valence-corrected chi connectivity index (χ0v) is 59.0. The molecular formula is C52H66Cl2N6O36P6. The maximum Gasteiger partial charge on any atom is 0.481 e. The second kappa shape index (κ2) is 35.0. The Morgan fingerprint density at radius 1 is 0.412 bits per heavy atom. The molecule has 6 heterocycles. The van der Waals surface area contributed by atoms with E-state index < -0.39 is 174 Å². The van der Waals surface area contributed by atoms with Gasteiger partial charge >= 0.3 is 64.0 Å². The predicted octanol–water partition coefficient (Wildman–Crippen LogP) is -1.09. The number of hydrogen-bond acceptors (Lipinski definition) is 27. The van der Waals surface area contributed by atoms with E-state index in [1.165, 1.54) is 0 Å².